The summed E-state index contributed by atoms with van der Waals surface area (Å²) in [7, 11) is 0. The Morgan fingerprint density at radius 2 is 2.18 bits per heavy atom. The summed E-state index contributed by atoms with van der Waals surface area (Å²) in [5.74, 6) is -0.458. The molecular formula is C21H21FN2O3S. The molecule has 2 heterocycles. The number of nitrogens with zero attached hydrogens (tertiary/aromatic N) is 2. The number of ketones is 1. The highest BCUT2D eigenvalue weighted by atomic mass is 32.2. The van der Waals surface area contributed by atoms with Crippen molar-refractivity contribution in [2.24, 2.45) is 0 Å². The van der Waals surface area contributed by atoms with Gasteiger partial charge in [-0.1, -0.05) is 12.6 Å². The molecule has 0 atom stereocenters. The predicted molar refractivity (Wildman–Crippen MR) is 107 cm³/mol. The van der Waals surface area contributed by atoms with Crippen molar-refractivity contribution >= 4 is 23.1 Å². The molecule has 0 unspecified atom stereocenters. The maximum absolute atomic E-state index is 14.5. The molecule has 0 N–H and O–H groups in total. The Labute approximate surface area is 167 Å². The van der Waals surface area contributed by atoms with Crippen LogP contribution in [0.2, 0.25) is 0 Å². The van der Waals surface area contributed by atoms with Crippen molar-refractivity contribution in [1.82, 2.24) is 9.38 Å². The van der Waals surface area contributed by atoms with Gasteiger partial charge in [-0.25, -0.2) is 9.37 Å². The number of ether oxygens (including phenoxy) is 2. The molecule has 1 aromatic carbocycles. The van der Waals surface area contributed by atoms with Crippen LogP contribution in [0, 0.1) is 5.82 Å². The summed E-state index contributed by atoms with van der Waals surface area (Å²) in [6.07, 6.45) is 6.80. The lowest BCUT2D eigenvalue weighted by molar-refractivity contribution is 0.0638. The van der Waals surface area contributed by atoms with Gasteiger partial charge in [0, 0.05) is 34.3 Å². The zero-order valence-corrected chi connectivity index (χ0v) is 16.4. The number of halogens is 1. The first kappa shape index (κ1) is 20.1. The van der Waals surface area contributed by atoms with E-state index in [9.17, 15) is 9.18 Å². The van der Waals surface area contributed by atoms with E-state index >= 15 is 0 Å². The van der Waals surface area contributed by atoms with Crippen LogP contribution < -0.4 is 0 Å². The molecule has 2 aromatic heterocycles. The Bertz CT molecular complexity index is 987. The maximum Gasteiger partial charge on any atom is 0.190 e. The number of carbonyl (C=O) groups excluding carboxylic acids is 1. The highest BCUT2D eigenvalue weighted by Crippen LogP contribution is 2.24. The Morgan fingerprint density at radius 3 is 2.93 bits per heavy atom. The predicted octanol–water partition coefficient (Wildman–Crippen LogP) is 4.15. The molecule has 7 heteroatoms. The van der Waals surface area contributed by atoms with E-state index in [2.05, 4.69) is 11.6 Å². The molecule has 0 saturated carbocycles. The summed E-state index contributed by atoms with van der Waals surface area (Å²) >= 11 is 1.48. The third-order valence-electron chi connectivity index (χ3n) is 4.30. The molecule has 5 nitrogen and oxygen atoms in total. The molecule has 0 amide bonds. The second-order valence-electron chi connectivity index (χ2n) is 6.03. The molecule has 3 rings (SSSR count). The van der Waals surface area contributed by atoms with Gasteiger partial charge in [-0.15, -0.1) is 11.8 Å². The molecule has 0 bridgehead atoms. The first-order chi connectivity index (χ1) is 13.6. The summed E-state index contributed by atoms with van der Waals surface area (Å²) in [6, 6.07) is 8.75. The van der Waals surface area contributed by atoms with Gasteiger partial charge in [-0.2, -0.15) is 0 Å². The van der Waals surface area contributed by atoms with Crippen molar-refractivity contribution in [3.63, 3.8) is 0 Å². The van der Waals surface area contributed by atoms with E-state index in [0.29, 0.717) is 23.4 Å². The number of rotatable bonds is 10. The lowest BCUT2D eigenvalue weighted by Crippen LogP contribution is -2.14. The standard InChI is InChI=1S/C21H21FN2O3S/c1-3-26-8-9-27-13-21(25)18-11-16-6-7-23-14-24(16)20(18)10-15-4-5-17(28-2)12-19(15)22/h3-7,11-12,14H,1,8-10,13H2,2H3. The Hall–Kier alpha value is -2.64. The zero-order valence-electron chi connectivity index (χ0n) is 15.6. The van der Waals surface area contributed by atoms with Crippen LogP contribution in [0.15, 0.2) is 60.6 Å². The van der Waals surface area contributed by atoms with E-state index in [0.717, 1.165) is 10.4 Å². The van der Waals surface area contributed by atoms with Gasteiger partial charge in [-0.05, 0) is 36.1 Å². The second-order valence-corrected chi connectivity index (χ2v) is 6.91. The van der Waals surface area contributed by atoms with Crippen LogP contribution >= 0.6 is 11.8 Å². The summed E-state index contributed by atoms with van der Waals surface area (Å²) < 4.78 is 26.7. The zero-order chi connectivity index (χ0) is 19.9. The van der Waals surface area contributed by atoms with Gasteiger partial charge in [0.15, 0.2) is 5.78 Å². The van der Waals surface area contributed by atoms with E-state index in [4.69, 9.17) is 9.47 Å². The first-order valence-corrected chi connectivity index (χ1v) is 9.96. The minimum absolute atomic E-state index is 0.0777. The fourth-order valence-corrected chi connectivity index (χ4v) is 3.33. The minimum atomic E-state index is -0.290. The Kier molecular flexibility index (Phi) is 6.84. The van der Waals surface area contributed by atoms with Crippen LogP contribution in [0.3, 0.4) is 0 Å². The Balaban J connectivity index is 1.87. The molecule has 0 aliphatic carbocycles. The van der Waals surface area contributed by atoms with Crippen molar-refractivity contribution in [2.75, 3.05) is 26.1 Å². The van der Waals surface area contributed by atoms with E-state index in [-0.39, 0.29) is 31.2 Å². The third kappa shape index (κ3) is 4.61. The van der Waals surface area contributed by atoms with Crippen LogP contribution in [-0.2, 0) is 15.9 Å². The summed E-state index contributed by atoms with van der Waals surface area (Å²) in [5.41, 5.74) is 2.54. The second kappa shape index (κ2) is 9.52. The van der Waals surface area contributed by atoms with Crippen LogP contribution in [0.4, 0.5) is 4.39 Å². The number of carbonyl (C=O) groups is 1. The molecule has 0 aliphatic heterocycles. The fourth-order valence-electron chi connectivity index (χ4n) is 2.91. The van der Waals surface area contributed by atoms with Gasteiger partial charge in [0.05, 0.1) is 19.2 Å². The smallest absolute Gasteiger partial charge is 0.190 e. The van der Waals surface area contributed by atoms with Gasteiger partial charge in [0.25, 0.3) is 0 Å². The highest BCUT2D eigenvalue weighted by molar-refractivity contribution is 7.98. The van der Waals surface area contributed by atoms with Crippen LogP contribution in [0.5, 0.6) is 0 Å². The SMILES string of the molecule is C=COCCOCC(=O)c1cc2ccncn2c1Cc1ccc(SC)cc1F. The molecule has 0 spiro atoms. The van der Waals surface area contributed by atoms with E-state index in [1.54, 1.807) is 24.7 Å². The van der Waals surface area contributed by atoms with Crippen molar-refractivity contribution in [1.29, 1.82) is 0 Å². The van der Waals surface area contributed by atoms with E-state index in [1.807, 2.05) is 22.8 Å². The van der Waals surface area contributed by atoms with Gasteiger partial charge in [0.2, 0.25) is 0 Å². The van der Waals surface area contributed by atoms with Crippen LogP contribution in [0.1, 0.15) is 21.6 Å². The lowest BCUT2D eigenvalue weighted by Gasteiger charge is -2.09. The summed E-state index contributed by atoms with van der Waals surface area (Å²) in [4.78, 5) is 17.7. The summed E-state index contributed by atoms with van der Waals surface area (Å²) in [5, 5.41) is 0. The molecule has 3 aromatic rings. The van der Waals surface area contributed by atoms with Gasteiger partial charge < -0.3 is 13.9 Å². The number of fused-ring (bicyclic) bond motifs is 1. The molecule has 28 heavy (non-hydrogen) atoms. The highest BCUT2D eigenvalue weighted by Gasteiger charge is 2.19. The van der Waals surface area contributed by atoms with Crippen molar-refractivity contribution in [3.05, 3.63) is 78.3 Å². The van der Waals surface area contributed by atoms with Crippen molar-refractivity contribution in [3.8, 4) is 0 Å². The fraction of sp³-hybridized carbons (Fsp3) is 0.238. The molecule has 0 fully saturated rings. The number of Topliss-reactive ketones (excluding diaryl/α,β-unsaturated/α-hetero) is 1. The topological polar surface area (TPSA) is 52.8 Å². The number of hydrogen-bond acceptors (Lipinski definition) is 5. The lowest BCUT2D eigenvalue weighted by atomic mass is 10.0. The monoisotopic (exact) mass is 400 g/mol. The van der Waals surface area contributed by atoms with E-state index in [1.165, 1.54) is 24.1 Å². The Morgan fingerprint density at radius 1 is 1.32 bits per heavy atom. The minimum Gasteiger partial charge on any atom is -0.499 e. The third-order valence-corrected chi connectivity index (χ3v) is 5.03. The number of aromatic nitrogens is 2. The number of thioether (sulfide) groups is 1. The van der Waals surface area contributed by atoms with E-state index < -0.39 is 0 Å². The average Bonchev–Trinajstić information content (AvgIpc) is 3.08. The molecule has 0 radical (unpaired) electrons. The normalized spacial score (nSPS) is 10.9. The largest absolute Gasteiger partial charge is 0.499 e. The average molecular weight is 400 g/mol. The molecule has 0 saturated heterocycles. The van der Waals surface area contributed by atoms with Gasteiger partial charge in [0.1, 0.15) is 19.0 Å². The molecule has 0 aliphatic rings. The summed E-state index contributed by atoms with van der Waals surface area (Å²) in [6.45, 7) is 3.99. The molecule has 146 valence electrons. The van der Waals surface area contributed by atoms with Gasteiger partial charge in [-0.3, -0.25) is 4.79 Å². The number of hydrogen-bond donors (Lipinski definition) is 0. The molecular weight excluding hydrogens is 379 g/mol. The first-order valence-electron chi connectivity index (χ1n) is 8.74. The number of benzene rings is 1. The maximum atomic E-state index is 14.5. The van der Waals surface area contributed by atoms with Crippen LogP contribution in [-0.4, -0.2) is 41.2 Å². The van der Waals surface area contributed by atoms with Crippen molar-refractivity contribution in [2.45, 2.75) is 11.3 Å². The van der Waals surface area contributed by atoms with Gasteiger partial charge >= 0.3 is 0 Å². The van der Waals surface area contributed by atoms with Crippen LogP contribution in [0.25, 0.3) is 5.52 Å². The quantitative estimate of drug-likeness (QED) is 0.222. The van der Waals surface area contributed by atoms with Crippen molar-refractivity contribution < 1.29 is 18.7 Å².